The number of hydrogen-bond acceptors (Lipinski definition) is 2. The molecule has 4 heteroatoms. The molecule has 0 aliphatic carbocycles. The van der Waals surface area contributed by atoms with Crippen LogP contribution in [0, 0.1) is 0 Å². The van der Waals surface area contributed by atoms with Crippen LogP contribution < -0.4 is 4.90 Å². The van der Waals surface area contributed by atoms with Crippen LogP contribution in [0.2, 0.25) is 0 Å². The van der Waals surface area contributed by atoms with Gasteiger partial charge in [-0.3, -0.25) is 0 Å². The van der Waals surface area contributed by atoms with Crippen LogP contribution in [0.15, 0.2) is 36.2 Å². The lowest BCUT2D eigenvalue weighted by Crippen LogP contribution is -2.09. The molecule has 1 aromatic rings. The van der Waals surface area contributed by atoms with E-state index in [-0.39, 0.29) is 5.92 Å². The maximum absolute atomic E-state index is 13.2. The van der Waals surface area contributed by atoms with Gasteiger partial charge in [0.05, 0.1) is 0 Å². The van der Waals surface area contributed by atoms with Crippen molar-refractivity contribution in [1.29, 1.82) is 0 Å². The molecule has 3 nitrogen and oxygen atoms in total. The second-order valence-electron chi connectivity index (χ2n) is 4.32. The number of carbonyl (C=O) groups is 1. The molecule has 0 aromatic heterocycles. The number of hydrogen-bond donors (Lipinski definition) is 1. The second kappa shape index (κ2) is 6.19. The lowest BCUT2D eigenvalue weighted by molar-refractivity contribution is -0.134. The van der Waals surface area contributed by atoms with Crippen LogP contribution in [0.1, 0.15) is 24.8 Å². The van der Waals surface area contributed by atoms with Crippen LogP contribution in [-0.2, 0) is 4.79 Å². The summed E-state index contributed by atoms with van der Waals surface area (Å²) in [7, 11) is 3.85. The fourth-order valence-electron chi connectivity index (χ4n) is 1.73. The summed E-state index contributed by atoms with van der Waals surface area (Å²) in [6, 6.07) is 7.67. The first-order valence-corrected chi connectivity index (χ1v) is 5.83. The molecule has 0 fully saturated rings. The molecule has 0 amide bonds. The van der Waals surface area contributed by atoms with Gasteiger partial charge in [-0.1, -0.05) is 19.1 Å². The highest BCUT2D eigenvalue weighted by Crippen LogP contribution is 2.26. The van der Waals surface area contributed by atoms with E-state index in [9.17, 15) is 9.18 Å². The largest absolute Gasteiger partial charge is 0.476 e. The normalized spacial score (nSPS) is 13.2. The van der Waals surface area contributed by atoms with E-state index in [1.807, 2.05) is 50.2 Å². The van der Waals surface area contributed by atoms with Gasteiger partial charge in [0.25, 0.3) is 0 Å². The quantitative estimate of drug-likeness (QED) is 0.817. The summed E-state index contributed by atoms with van der Waals surface area (Å²) in [6.07, 6.45) is 1.81. The van der Waals surface area contributed by atoms with E-state index in [2.05, 4.69) is 0 Å². The molecule has 18 heavy (non-hydrogen) atoms. The molecule has 0 bridgehead atoms. The lowest BCUT2D eigenvalue weighted by atomic mass is 9.95. The highest BCUT2D eigenvalue weighted by Gasteiger charge is 2.13. The van der Waals surface area contributed by atoms with Crippen LogP contribution >= 0.6 is 0 Å². The molecule has 1 rings (SSSR count). The topological polar surface area (TPSA) is 40.5 Å². The minimum Gasteiger partial charge on any atom is -0.476 e. The SMILES string of the molecule is CCC(C=C(F)C(=O)O)c1cccc(N(C)C)c1. The van der Waals surface area contributed by atoms with Crippen molar-refractivity contribution < 1.29 is 14.3 Å². The average molecular weight is 251 g/mol. The molecule has 1 atom stereocenters. The predicted octanol–water partition coefficient (Wildman–Crippen LogP) is 3.18. The third kappa shape index (κ3) is 3.58. The Morgan fingerprint density at radius 3 is 2.67 bits per heavy atom. The van der Waals surface area contributed by atoms with E-state index in [1.54, 1.807) is 0 Å². The summed E-state index contributed by atoms with van der Waals surface area (Å²) in [6.45, 7) is 1.90. The number of rotatable bonds is 5. The maximum Gasteiger partial charge on any atom is 0.364 e. The molecule has 1 N–H and O–H groups in total. The van der Waals surface area contributed by atoms with Gasteiger partial charge in [0.2, 0.25) is 5.83 Å². The number of nitrogens with zero attached hydrogens (tertiary/aromatic N) is 1. The van der Waals surface area contributed by atoms with Gasteiger partial charge in [0.15, 0.2) is 0 Å². The molecule has 0 saturated heterocycles. The zero-order valence-electron chi connectivity index (χ0n) is 10.9. The molecular weight excluding hydrogens is 233 g/mol. The summed E-state index contributed by atoms with van der Waals surface area (Å²) < 4.78 is 13.2. The van der Waals surface area contributed by atoms with Crippen LogP contribution in [-0.4, -0.2) is 25.2 Å². The number of allylic oxidation sites excluding steroid dienone is 1. The van der Waals surface area contributed by atoms with Crippen LogP contribution in [0.4, 0.5) is 10.1 Å². The molecule has 0 aliphatic heterocycles. The molecule has 1 aromatic carbocycles. The summed E-state index contributed by atoms with van der Waals surface area (Å²) in [5, 5.41) is 8.56. The van der Waals surface area contributed by atoms with E-state index < -0.39 is 11.8 Å². The van der Waals surface area contributed by atoms with Gasteiger partial charge in [0.1, 0.15) is 0 Å². The van der Waals surface area contributed by atoms with Gasteiger partial charge in [-0.25, -0.2) is 4.79 Å². The highest BCUT2D eigenvalue weighted by atomic mass is 19.1. The van der Waals surface area contributed by atoms with Crippen LogP contribution in [0.3, 0.4) is 0 Å². The van der Waals surface area contributed by atoms with Crippen molar-refractivity contribution >= 4 is 11.7 Å². The van der Waals surface area contributed by atoms with E-state index in [4.69, 9.17) is 5.11 Å². The molecule has 98 valence electrons. The Labute approximate surface area is 107 Å². The van der Waals surface area contributed by atoms with Crippen molar-refractivity contribution in [3.05, 3.63) is 41.7 Å². The number of aliphatic carboxylic acids is 1. The zero-order chi connectivity index (χ0) is 13.7. The monoisotopic (exact) mass is 251 g/mol. The van der Waals surface area contributed by atoms with Gasteiger partial charge in [-0.05, 0) is 30.2 Å². The molecule has 0 spiro atoms. The Morgan fingerprint density at radius 2 is 2.17 bits per heavy atom. The Balaban J connectivity index is 3.06. The number of carboxylic acids is 1. The zero-order valence-corrected chi connectivity index (χ0v) is 10.9. The van der Waals surface area contributed by atoms with Crippen LogP contribution in [0.5, 0.6) is 0 Å². The predicted molar refractivity (Wildman–Crippen MR) is 70.6 cm³/mol. The molecule has 0 saturated carbocycles. The highest BCUT2D eigenvalue weighted by molar-refractivity contribution is 5.84. The lowest BCUT2D eigenvalue weighted by Gasteiger charge is -2.16. The third-order valence-electron chi connectivity index (χ3n) is 2.81. The summed E-state index contributed by atoms with van der Waals surface area (Å²) in [4.78, 5) is 12.5. The van der Waals surface area contributed by atoms with Crippen molar-refractivity contribution in [2.75, 3.05) is 19.0 Å². The van der Waals surface area contributed by atoms with Gasteiger partial charge >= 0.3 is 5.97 Å². The maximum atomic E-state index is 13.2. The second-order valence-corrected chi connectivity index (χ2v) is 4.32. The molecular formula is C14H18FNO2. The summed E-state index contributed by atoms with van der Waals surface area (Å²) in [5.41, 5.74) is 1.93. The van der Waals surface area contributed by atoms with E-state index in [0.717, 1.165) is 17.3 Å². The Bertz CT molecular complexity index is 455. The molecule has 0 radical (unpaired) electrons. The fraction of sp³-hybridized carbons (Fsp3) is 0.357. The minimum absolute atomic E-state index is 0.221. The van der Waals surface area contributed by atoms with Crippen molar-refractivity contribution in [2.45, 2.75) is 19.3 Å². The summed E-state index contributed by atoms with van der Waals surface area (Å²) in [5.74, 6) is -2.84. The number of halogens is 1. The van der Waals surface area contributed by atoms with Gasteiger partial charge in [0, 0.05) is 25.7 Å². The van der Waals surface area contributed by atoms with Crippen LogP contribution in [0.25, 0.3) is 0 Å². The molecule has 0 heterocycles. The van der Waals surface area contributed by atoms with Gasteiger partial charge in [-0.2, -0.15) is 4.39 Å². The minimum atomic E-state index is -1.52. The Morgan fingerprint density at radius 1 is 1.50 bits per heavy atom. The Hall–Kier alpha value is -1.84. The van der Waals surface area contributed by atoms with Crippen molar-refractivity contribution in [2.24, 2.45) is 0 Å². The van der Waals surface area contributed by atoms with Gasteiger partial charge < -0.3 is 10.0 Å². The molecule has 0 aliphatic rings. The van der Waals surface area contributed by atoms with E-state index in [0.29, 0.717) is 6.42 Å². The average Bonchev–Trinajstić information content (AvgIpc) is 2.35. The van der Waals surface area contributed by atoms with Gasteiger partial charge in [-0.15, -0.1) is 0 Å². The number of anilines is 1. The number of carboxylic acid groups (broad SMARTS) is 1. The third-order valence-corrected chi connectivity index (χ3v) is 2.81. The Kier molecular flexibility index (Phi) is 4.89. The van der Waals surface area contributed by atoms with Crippen molar-refractivity contribution in [3.8, 4) is 0 Å². The molecule has 1 unspecified atom stereocenters. The first kappa shape index (κ1) is 14.2. The van der Waals surface area contributed by atoms with Crippen molar-refractivity contribution in [3.63, 3.8) is 0 Å². The first-order valence-electron chi connectivity index (χ1n) is 5.83. The van der Waals surface area contributed by atoms with Crippen molar-refractivity contribution in [1.82, 2.24) is 0 Å². The standard InChI is InChI=1S/C14H18FNO2/c1-4-10(9-13(15)14(17)18)11-6-5-7-12(8-11)16(2)3/h5-10H,4H2,1-3H3,(H,17,18). The smallest absolute Gasteiger partial charge is 0.364 e. The fourth-order valence-corrected chi connectivity index (χ4v) is 1.73. The van der Waals surface area contributed by atoms with E-state index in [1.165, 1.54) is 0 Å². The summed E-state index contributed by atoms with van der Waals surface area (Å²) >= 11 is 0. The first-order chi connectivity index (χ1) is 8.45. The number of benzene rings is 1. The van der Waals surface area contributed by atoms with E-state index >= 15 is 0 Å².